The van der Waals surface area contributed by atoms with E-state index in [1.165, 1.54) is 18.0 Å². The largest absolute Gasteiger partial charge is 0.618 e. The average molecular weight is 310 g/mol. The normalized spacial score (nSPS) is 10.5. The van der Waals surface area contributed by atoms with Crippen molar-refractivity contribution in [2.75, 3.05) is 11.1 Å². The highest BCUT2D eigenvalue weighted by atomic mass is 32.2. The number of carbonyl (C=O) groups excluding carboxylic acids is 1. The molecular formula is C17H14N2O2S. The Morgan fingerprint density at radius 1 is 1.05 bits per heavy atom. The second-order valence-electron chi connectivity index (χ2n) is 4.73. The summed E-state index contributed by atoms with van der Waals surface area (Å²) in [5.41, 5.74) is 0.784. The van der Waals surface area contributed by atoms with Crippen LogP contribution in [-0.4, -0.2) is 11.7 Å². The molecule has 2 aromatic carbocycles. The zero-order valence-electron chi connectivity index (χ0n) is 11.7. The van der Waals surface area contributed by atoms with Crippen LogP contribution in [0.1, 0.15) is 0 Å². The molecule has 3 aromatic rings. The summed E-state index contributed by atoms with van der Waals surface area (Å²) in [4.78, 5) is 12.1. The number of anilines is 1. The predicted octanol–water partition coefficient (Wildman–Crippen LogP) is 3.20. The van der Waals surface area contributed by atoms with Gasteiger partial charge in [0.2, 0.25) is 5.91 Å². The maximum atomic E-state index is 12.1. The van der Waals surface area contributed by atoms with E-state index >= 15 is 0 Å². The summed E-state index contributed by atoms with van der Waals surface area (Å²) in [5.74, 6) is 0.0559. The van der Waals surface area contributed by atoms with E-state index in [4.69, 9.17) is 0 Å². The molecule has 0 spiro atoms. The van der Waals surface area contributed by atoms with E-state index in [-0.39, 0.29) is 11.7 Å². The lowest BCUT2D eigenvalue weighted by atomic mass is 10.1. The van der Waals surface area contributed by atoms with Gasteiger partial charge in [0.05, 0.1) is 5.75 Å². The van der Waals surface area contributed by atoms with E-state index in [1.54, 1.807) is 18.2 Å². The van der Waals surface area contributed by atoms with Gasteiger partial charge >= 0.3 is 0 Å². The summed E-state index contributed by atoms with van der Waals surface area (Å²) in [6.45, 7) is 0. The molecule has 0 aliphatic carbocycles. The van der Waals surface area contributed by atoms with Crippen molar-refractivity contribution in [3.63, 3.8) is 0 Å². The molecular weight excluding hydrogens is 296 g/mol. The topological polar surface area (TPSA) is 56.0 Å². The van der Waals surface area contributed by atoms with Gasteiger partial charge in [-0.15, -0.1) is 0 Å². The molecule has 1 aromatic heterocycles. The number of carbonyl (C=O) groups is 1. The molecule has 0 radical (unpaired) electrons. The first-order valence-electron chi connectivity index (χ1n) is 6.82. The molecule has 4 nitrogen and oxygen atoms in total. The monoisotopic (exact) mass is 310 g/mol. The van der Waals surface area contributed by atoms with Crippen LogP contribution >= 0.6 is 11.8 Å². The minimum Gasteiger partial charge on any atom is -0.618 e. The fourth-order valence-corrected chi connectivity index (χ4v) is 2.90. The molecule has 0 aliphatic rings. The molecule has 0 bridgehead atoms. The summed E-state index contributed by atoms with van der Waals surface area (Å²) in [6.07, 6.45) is 1.42. The number of aromatic nitrogens is 1. The summed E-state index contributed by atoms with van der Waals surface area (Å²) in [5, 5.41) is 17.0. The third-order valence-electron chi connectivity index (χ3n) is 3.20. The summed E-state index contributed by atoms with van der Waals surface area (Å²) in [7, 11) is 0. The number of amides is 1. The molecule has 1 heterocycles. The Morgan fingerprint density at radius 2 is 1.82 bits per heavy atom. The Morgan fingerprint density at radius 3 is 2.68 bits per heavy atom. The molecule has 0 unspecified atom stereocenters. The van der Waals surface area contributed by atoms with E-state index in [1.807, 2.05) is 42.5 Å². The number of hydrogen-bond acceptors (Lipinski definition) is 3. The van der Waals surface area contributed by atoms with Crippen LogP contribution in [0.5, 0.6) is 0 Å². The van der Waals surface area contributed by atoms with Crippen LogP contribution < -0.4 is 10.0 Å². The lowest BCUT2D eigenvalue weighted by molar-refractivity contribution is -0.645. The van der Waals surface area contributed by atoms with E-state index in [0.29, 0.717) is 5.03 Å². The van der Waals surface area contributed by atoms with Crippen LogP contribution in [0.3, 0.4) is 0 Å². The first kappa shape index (κ1) is 14.4. The van der Waals surface area contributed by atoms with Gasteiger partial charge in [-0.3, -0.25) is 4.79 Å². The zero-order chi connectivity index (χ0) is 15.4. The van der Waals surface area contributed by atoms with E-state index in [9.17, 15) is 10.0 Å². The van der Waals surface area contributed by atoms with Crippen molar-refractivity contribution in [1.82, 2.24) is 0 Å². The second-order valence-corrected chi connectivity index (χ2v) is 5.72. The highest BCUT2D eigenvalue weighted by Crippen LogP contribution is 2.23. The van der Waals surface area contributed by atoms with E-state index in [0.717, 1.165) is 21.2 Å². The number of nitrogens with zero attached hydrogens (tertiary/aromatic N) is 1. The Balaban J connectivity index is 1.70. The van der Waals surface area contributed by atoms with Crippen molar-refractivity contribution in [1.29, 1.82) is 0 Å². The molecule has 0 saturated heterocycles. The third-order valence-corrected chi connectivity index (χ3v) is 4.22. The summed E-state index contributed by atoms with van der Waals surface area (Å²) < 4.78 is 0.760. The van der Waals surface area contributed by atoms with Gasteiger partial charge in [0, 0.05) is 23.2 Å². The second kappa shape index (κ2) is 6.49. The standard InChI is InChI=1S/C17H14N2O2S/c20-16(12-22-17-10-3-4-11-19(17)21)18-15-9-5-7-13-6-1-2-8-14(13)15/h1-11H,12H2,(H,18,20). The van der Waals surface area contributed by atoms with Crippen molar-refractivity contribution in [2.24, 2.45) is 0 Å². The Kier molecular flexibility index (Phi) is 4.25. The van der Waals surface area contributed by atoms with Gasteiger partial charge in [-0.1, -0.05) is 36.4 Å². The first-order chi connectivity index (χ1) is 10.7. The van der Waals surface area contributed by atoms with Gasteiger partial charge in [-0.05, 0) is 29.3 Å². The Hall–Kier alpha value is -2.53. The lowest BCUT2D eigenvalue weighted by Gasteiger charge is -2.08. The smallest absolute Gasteiger partial charge is 0.251 e. The summed E-state index contributed by atoms with van der Waals surface area (Å²) >= 11 is 1.22. The van der Waals surface area contributed by atoms with E-state index in [2.05, 4.69) is 5.32 Å². The lowest BCUT2D eigenvalue weighted by Crippen LogP contribution is -2.28. The molecule has 1 amide bonds. The van der Waals surface area contributed by atoms with Gasteiger partial charge in [-0.25, -0.2) is 0 Å². The van der Waals surface area contributed by atoms with Crippen LogP contribution in [-0.2, 0) is 4.79 Å². The average Bonchev–Trinajstić information content (AvgIpc) is 2.54. The zero-order valence-corrected chi connectivity index (χ0v) is 12.5. The number of hydrogen-bond donors (Lipinski definition) is 1. The van der Waals surface area contributed by atoms with Crippen molar-refractivity contribution >= 4 is 34.1 Å². The van der Waals surface area contributed by atoms with Gasteiger partial charge in [-0.2, -0.15) is 4.73 Å². The molecule has 0 aliphatic heterocycles. The minimum absolute atomic E-state index is 0.134. The number of benzene rings is 2. The van der Waals surface area contributed by atoms with Gasteiger partial charge < -0.3 is 10.5 Å². The SMILES string of the molecule is O=C(CSc1cccc[n+]1[O-])Nc1cccc2ccccc12. The summed E-state index contributed by atoms with van der Waals surface area (Å²) in [6, 6.07) is 18.8. The molecule has 3 rings (SSSR count). The van der Waals surface area contributed by atoms with Gasteiger partial charge in [0.1, 0.15) is 0 Å². The quantitative estimate of drug-likeness (QED) is 0.457. The van der Waals surface area contributed by atoms with Crippen molar-refractivity contribution < 1.29 is 9.52 Å². The van der Waals surface area contributed by atoms with Crippen LogP contribution in [0.4, 0.5) is 5.69 Å². The van der Waals surface area contributed by atoms with Crippen LogP contribution in [0.15, 0.2) is 71.9 Å². The van der Waals surface area contributed by atoms with Crippen LogP contribution in [0.2, 0.25) is 0 Å². The van der Waals surface area contributed by atoms with Crippen molar-refractivity contribution in [2.45, 2.75) is 5.03 Å². The fourth-order valence-electron chi connectivity index (χ4n) is 2.18. The molecule has 0 saturated carbocycles. The highest BCUT2D eigenvalue weighted by molar-refractivity contribution is 7.99. The number of nitrogens with one attached hydrogen (secondary N) is 1. The number of rotatable bonds is 4. The van der Waals surface area contributed by atoms with E-state index < -0.39 is 0 Å². The van der Waals surface area contributed by atoms with Crippen molar-refractivity contribution in [3.05, 3.63) is 72.1 Å². The molecule has 110 valence electrons. The Labute approximate surface area is 132 Å². The van der Waals surface area contributed by atoms with Gasteiger partial charge in [0.15, 0.2) is 6.20 Å². The van der Waals surface area contributed by atoms with Crippen LogP contribution in [0.25, 0.3) is 10.8 Å². The number of thioether (sulfide) groups is 1. The number of pyridine rings is 1. The first-order valence-corrected chi connectivity index (χ1v) is 7.81. The molecule has 5 heteroatoms. The maximum absolute atomic E-state index is 12.1. The molecule has 0 atom stereocenters. The fraction of sp³-hybridized carbons (Fsp3) is 0.0588. The number of fused-ring (bicyclic) bond motifs is 1. The molecule has 0 fully saturated rings. The highest BCUT2D eigenvalue weighted by Gasteiger charge is 2.10. The molecule has 22 heavy (non-hydrogen) atoms. The third kappa shape index (κ3) is 3.20. The van der Waals surface area contributed by atoms with Gasteiger partial charge in [0.25, 0.3) is 5.03 Å². The van der Waals surface area contributed by atoms with Crippen molar-refractivity contribution in [3.8, 4) is 0 Å². The van der Waals surface area contributed by atoms with Crippen LogP contribution in [0, 0.1) is 5.21 Å². The Bertz CT molecular complexity index is 815. The minimum atomic E-state index is -0.134. The molecule has 1 N–H and O–H groups in total. The maximum Gasteiger partial charge on any atom is 0.251 e. The predicted molar refractivity (Wildman–Crippen MR) is 88.7 cm³/mol.